The number of rotatable bonds is 5. The summed E-state index contributed by atoms with van der Waals surface area (Å²) < 4.78 is 0. The molecule has 74 valence electrons. The molecular formula is C11H20N2. The van der Waals surface area contributed by atoms with E-state index in [-0.39, 0.29) is 0 Å². The second-order valence-corrected chi connectivity index (χ2v) is 3.33. The molecule has 0 fully saturated rings. The SMILES string of the molecule is C=C(C)C(=C)/C(=C\N(C)N)CCC. The second-order valence-electron chi connectivity index (χ2n) is 3.33. The molecule has 0 aliphatic carbocycles. The van der Waals surface area contributed by atoms with Crippen LogP contribution in [0.5, 0.6) is 0 Å². The fraction of sp³-hybridized carbons (Fsp3) is 0.455. The third-order valence-electron chi connectivity index (χ3n) is 1.78. The number of allylic oxidation sites excluding steroid dienone is 3. The normalized spacial score (nSPS) is 11.2. The third-order valence-corrected chi connectivity index (χ3v) is 1.78. The molecule has 0 aromatic rings. The van der Waals surface area contributed by atoms with Crippen molar-refractivity contribution in [1.82, 2.24) is 5.01 Å². The molecule has 0 bridgehead atoms. The van der Waals surface area contributed by atoms with Crippen molar-refractivity contribution in [3.63, 3.8) is 0 Å². The predicted molar refractivity (Wildman–Crippen MR) is 58.9 cm³/mol. The minimum atomic E-state index is 0.993. The molecule has 0 heterocycles. The Hall–Kier alpha value is -1.02. The number of nitrogens with zero attached hydrogens (tertiary/aromatic N) is 1. The van der Waals surface area contributed by atoms with Crippen LogP contribution in [0.1, 0.15) is 26.7 Å². The van der Waals surface area contributed by atoms with E-state index in [1.165, 1.54) is 5.57 Å². The lowest BCUT2D eigenvalue weighted by Gasteiger charge is -2.13. The quantitative estimate of drug-likeness (QED) is 0.400. The predicted octanol–water partition coefficient (Wildman–Crippen LogP) is 2.61. The van der Waals surface area contributed by atoms with Crippen LogP contribution >= 0.6 is 0 Å². The van der Waals surface area contributed by atoms with Gasteiger partial charge in [-0.2, -0.15) is 0 Å². The van der Waals surface area contributed by atoms with Gasteiger partial charge in [0.1, 0.15) is 0 Å². The lowest BCUT2D eigenvalue weighted by atomic mass is 9.99. The van der Waals surface area contributed by atoms with E-state index in [0.717, 1.165) is 24.0 Å². The molecule has 0 amide bonds. The molecule has 0 aromatic carbocycles. The number of hydrazine groups is 1. The molecule has 0 rings (SSSR count). The first-order chi connectivity index (χ1) is 5.99. The van der Waals surface area contributed by atoms with Crippen LogP contribution in [0, 0.1) is 0 Å². The number of nitrogens with two attached hydrogens (primary N) is 1. The monoisotopic (exact) mass is 180 g/mol. The van der Waals surface area contributed by atoms with Crippen molar-refractivity contribution in [2.45, 2.75) is 26.7 Å². The van der Waals surface area contributed by atoms with Gasteiger partial charge in [0.25, 0.3) is 0 Å². The number of hydrogen-bond acceptors (Lipinski definition) is 2. The van der Waals surface area contributed by atoms with Crippen LogP contribution in [0.15, 0.2) is 36.1 Å². The van der Waals surface area contributed by atoms with Gasteiger partial charge in [-0.05, 0) is 24.5 Å². The molecule has 0 radical (unpaired) electrons. The van der Waals surface area contributed by atoms with Gasteiger partial charge in [0.05, 0.1) is 0 Å². The Morgan fingerprint density at radius 3 is 2.31 bits per heavy atom. The van der Waals surface area contributed by atoms with Gasteiger partial charge in [-0.15, -0.1) is 0 Å². The van der Waals surface area contributed by atoms with Crippen molar-refractivity contribution in [2.24, 2.45) is 5.84 Å². The summed E-state index contributed by atoms with van der Waals surface area (Å²) in [5.41, 5.74) is 3.17. The molecule has 0 aliphatic rings. The lowest BCUT2D eigenvalue weighted by Crippen LogP contribution is -2.19. The Labute approximate surface area is 81.4 Å². The molecule has 0 atom stereocenters. The Morgan fingerprint density at radius 2 is 2.00 bits per heavy atom. The maximum atomic E-state index is 5.55. The van der Waals surface area contributed by atoms with Gasteiger partial charge in [-0.25, -0.2) is 5.84 Å². The smallest absolute Gasteiger partial charge is 0.0223 e. The van der Waals surface area contributed by atoms with Gasteiger partial charge < -0.3 is 5.01 Å². The summed E-state index contributed by atoms with van der Waals surface area (Å²) >= 11 is 0. The zero-order chi connectivity index (χ0) is 10.4. The van der Waals surface area contributed by atoms with E-state index in [1.807, 2.05) is 13.1 Å². The van der Waals surface area contributed by atoms with Crippen molar-refractivity contribution >= 4 is 0 Å². The molecule has 2 N–H and O–H groups in total. The summed E-state index contributed by atoms with van der Waals surface area (Å²) in [5, 5.41) is 1.55. The average molecular weight is 180 g/mol. The van der Waals surface area contributed by atoms with E-state index in [0.29, 0.717) is 0 Å². The minimum absolute atomic E-state index is 0.993. The van der Waals surface area contributed by atoms with Crippen LogP contribution < -0.4 is 5.84 Å². The largest absolute Gasteiger partial charge is 0.321 e. The van der Waals surface area contributed by atoms with Crippen molar-refractivity contribution in [3.05, 3.63) is 36.1 Å². The van der Waals surface area contributed by atoms with Gasteiger partial charge in [0, 0.05) is 13.2 Å². The van der Waals surface area contributed by atoms with Gasteiger partial charge in [0.2, 0.25) is 0 Å². The van der Waals surface area contributed by atoms with Gasteiger partial charge in [-0.3, -0.25) is 0 Å². The average Bonchev–Trinajstić information content (AvgIpc) is 2.01. The number of hydrogen-bond donors (Lipinski definition) is 1. The van der Waals surface area contributed by atoms with Crippen LogP contribution in [-0.2, 0) is 0 Å². The van der Waals surface area contributed by atoms with Crippen LogP contribution in [-0.4, -0.2) is 12.1 Å². The summed E-state index contributed by atoms with van der Waals surface area (Å²) in [6.07, 6.45) is 3.99. The minimum Gasteiger partial charge on any atom is -0.321 e. The van der Waals surface area contributed by atoms with E-state index >= 15 is 0 Å². The Morgan fingerprint density at radius 1 is 1.46 bits per heavy atom. The van der Waals surface area contributed by atoms with E-state index in [9.17, 15) is 0 Å². The van der Waals surface area contributed by atoms with Crippen molar-refractivity contribution < 1.29 is 0 Å². The van der Waals surface area contributed by atoms with Gasteiger partial charge >= 0.3 is 0 Å². The van der Waals surface area contributed by atoms with Gasteiger partial charge in [-0.1, -0.05) is 32.1 Å². The summed E-state index contributed by atoms with van der Waals surface area (Å²) in [4.78, 5) is 0. The fourth-order valence-corrected chi connectivity index (χ4v) is 1.08. The first kappa shape index (κ1) is 12.0. The highest BCUT2D eigenvalue weighted by Crippen LogP contribution is 2.20. The molecule has 0 aliphatic heterocycles. The molecule has 2 heteroatoms. The van der Waals surface area contributed by atoms with Crippen LogP contribution in [0.25, 0.3) is 0 Å². The lowest BCUT2D eigenvalue weighted by molar-refractivity contribution is 0.479. The standard InChI is InChI=1S/C11H20N2/c1-6-7-11(8-13(5)12)10(4)9(2)3/h8H,2,4,6-7,12H2,1,3,5H3/b11-8-. The Kier molecular flexibility index (Phi) is 5.16. The highest BCUT2D eigenvalue weighted by molar-refractivity contribution is 5.41. The van der Waals surface area contributed by atoms with E-state index in [2.05, 4.69) is 20.1 Å². The maximum absolute atomic E-state index is 5.55. The molecule has 2 nitrogen and oxygen atoms in total. The van der Waals surface area contributed by atoms with E-state index in [4.69, 9.17) is 5.84 Å². The Balaban J connectivity index is 4.60. The summed E-state index contributed by atoms with van der Waals surface area (Å²) in [6.45, 7) is 11.9. The van der Waals surface area contributed by atoms with Crippen LogP contribution in [0.3, 0.4) is 0 Å². The first-order valence-electron chi connectivity index (χ1n) is 4.52. The zero-order valence-electron chi connectivity index (χ0n) is 8.93. The Bertz CT molecular complexity index is 224. The van der Waals surface area contributed by atoms with Crippen molar-refractivity contribution in [2.75, 3.05) is 7.05 Å². The van der Waals surface area contributed by atoms with Crippen LogP contribution in [0.4, 0.5) is 0 Å². The molecule has 13 heavy (non-hydrogen) atoms. The molecule has 0 saturated carbocycles. The first-order valence-corrected chi connectivity index (χ1v) is 4.52. The zero-order valence-corrected chi connectivity index (χ0v) is 8.93. The topological polar surface area (TPSA) is 29.3 Å². The van der Waals surface area contributed by atoms with E-state index in [1.54, 1.807) is 12.1 Å². The van der Waals surface area contributed by atoms with Crippen molar-refractivity contribution in [3.8, 4) is 0 Å². The molecule has 0 spiro atoms. The van der Waals surface area contributed by atoms with E-state index < -0.39 is 0 Å². The summed E-state index contributed by atoms with van der Waals surface area (Å²) in [6, 6.07) is 0. The highest BCUT2D eigenvalue weighted by Gasteiger charge is 2.02. The summed E-state index contributed by atoms with van der Waals surface area (Å²) in [5.74, 6) is 5.55. The third kappa shape index (κ3) is 4.53. The van der Waals surface area contributed by atoms with Crippen LogP contribution in [0.2, 0.25) is 0 Å². The maximum Gasteiger partial charge on any atom is 0.0223 e. The van der Waals surface area contributed by atoms with Gasteiger partial charge in [0.15, 0.2) is 0 Å². The molecule has 0 aromatic heterocycles. The molecular weight excluding hydrogens is 160 g/mol. The molecule has 0 unspecified atom stereocenters. The summed E-state index contributed by atoms with van der Waals surface area (Å²) in [7, 11) is 1.81. The highest BCUT2D eigenvalue weighted by atomic mass is 15.4. The fourth-order valence-electron chi connectivity index (χ4n) is 1.08. The second kappa shape index (κ2) is 5.60. The van der Waals surface area contributed by atoms with Crippen molar-refractivity contribution in [1.29, 1.82) is 0 Å². The molecule has 0 saturated heterocycles.